The minimum absolute atomic E-state index is 0.0133. The van der Waals surface area contributed by atoms with Gasteiger partial charge in [-0.05, 0) is 169 Å². The quantitative estimate of drug-likeness (QED) is 0.0911. The lowest BCUT2D eigenvalue weighted by Gasteiger charge is -2.39. The third-order valence-electron chi connectivity index (χ3n) is 17.0. The summed E-state index contributed by atoms with van der Waals surface area (Å²) in [5, 5.41) is 15.4. The fraction of sp³-hybridized carbons (Fsp3) is 0.246. The van der Waals surface area contributed by atoms with Crippen LogP contribution in [-0.2, 0) is 21.7 Å². The Balaban J connectivity index is 1.21. The molecule has 0 aliphatic carbocycles. The van der Waals surface area contributed by atoms with Crippen LogP contribution in [0.25, 0.3) is 98.0 Å². The van der Waals surface area contributed by atoms with E-state index in [2.05, 4.69) is 239 Å². The van der Waals surface area contributed by atoms with E-state index in [-0.39, 0.29) is 34.4 Å². The first-order valence-electron chi connectivity index (χ1n) is 26.3. The van der Waals surface area contributed by atoms with Crippen molar-refractivity contribution in [2.24, 2.45) is 0 Å². The number of nitrogens with zero attached hydrogens (tertiary/aromatic N) is 1. The second kappa shape index (κ2) is 14.3. The van der Waals surface area contributed by atoms with Crippen LogP contribution in [0.4, 0.5) is 0 Å². The molecule has 2 nitrogen and oxygen atoms in total. The van der Waals surface area contributed by atoms with Crippen molar-refractivity contribution in [1.29, 1.82) is 0 Å². The molecular weight excluding hydrogens is 870 g/mol. The number of aromatic nitrogens is 1. The summed E-state index contributed by atoms with van der Waals surface area (Å²) in [6, 6.07) is 59.5. The maximum absolute atomic E-state index is 7.13. The minimum atomic E-state index is -0.103. The van der Waals surface area contributed by atoms with Crippen molar-refractivity contribution >= 4 is 105 Å². The third-order valence-corrected chi connectivity index (χ3v) is 17.0. The summed E-state index contributed by atoms with van der Waals surface area (Å²) in [7, 11) is 0. The van der Waals surface area contributed by atoms with Crippen molar-refractivity contribution in [2.45, 2.75) is 111 Å². The van der Waals surface area contributed by atoms with E-state index in [1.807, 2.05) is 0 Å². The van der Waals surface area contributed by atoms with Gasteiger partial charge in [-0.1, -0.05) is 186 Å². The van der Waals surface area contributed by atoms with Crippen molar-refractivity contribution in [1.82, 2.24) is 4.48 Å². The van der Waals surface area contributed by atoms with Gasteiger partial charge in [0, 0.05) is 44.1 Å². The van der Waals surface area contributed by atoms with Crippen molar-refractivity contribution in [2.75, 3.05) is 0 Å². The average molecular weight is 932 g/mol. The van der Waals surface area contributed by atoms with Gasteiger partial charge in [0.1, 0.15) is 11.2 Å². The molecule has 2 aliphatic heterocycles. The maximum atomic E-state index is 7.13. The molecule has 1 atom stereocenters. The van der Waals surface area contributed by atoms with Crippen LogP contribution >= 0.6 is 0 Å². The van der Waals surface area contributed by atoms with Crippen LogP contribution < -0.4 is 10.9 Å². The molecule has 2 aromatic heterocycles. The van der Waals surface area contributed by atoms with Gasteiger partial charge in [0.25, 0.3) is 0 Å². The van der Waals surface area contributed by atoms with Crippen LogP contribution in [0.5, 0.6) is 0 Å². The Morgan fingerprint density at radius 3 is 1.54 bits per heavy atom. The zero-order valence-corrected chi connectivity index (χ0v) is 43.9. The summed E-state index contributed by atoms with van der Waals surface area (Å²) in [5.74, 6) is -0.0726. The lowest BCUT2D eigenvalue weighted by Crippen LogP contribution is -2.57. The standard InChI is InChI=1S/C69H62BNO/c1-66(2,3)41-25-26-58-52(34-41)53-35-44(69(10,11)12)36-56-63-62-49-23-17-18-24-59(49)72-60(62)37-55-61(40-27-42(67(4,5)6)33-43(28-40)68(7,8)9)54-31-38-29-50-47-21-15-13-19-45(47)46-20-14-16-22-48(46)51(50)30-39(38)32-57(54)70(64(55)63)71(58)65(53)56/h13-37,61H,1-12H3. The monoisotopic (exact) mass is 931 g/mol. The molecule has 0 saturated heterocycles. The summed E-state index contributed by atoms with van der Waals surface area (Å²) in [6.07, 6.45) is 0. The van der Waals surface area contributed by atoms with Gasteiger partial charge in [0.15, 0.2) is 0 Å². The van der Waals surface area contributed by atoms with E-state index in [0.29, 0.717) is 0 Å². The number of furan rings is 1. The highest BCUT2D eigenvalue weighted by Gasteiger charge is 2.46. The topological polar surface area (TPSA) is 18.1 Å². The van der Waals surface area contributed by atoms with E-state index in [1.165, 1.54) is 137 Å². The number of para-hydroxylation sites is 1. The lowest BCUT2D eigenvalue weighted by molar-refractivity contribution is 0.566. The Labute approximate surface area is 423 Å². The molecule has 0 saturated carbocycles. The summed E-state index contributed by atoms with van der Waals surface area (Å²) in [4.78, 5) is 0. The molecule has 10 aromatic carbocycles. The molecule has 72 heavy (non-hydrogen) atoms. The van der Waals surface area contributed by atoms with Crippen molar-refractivity contribution in [3.8, 4) is 11.1 Å². The minimum Gasteiger partial charge on any atom is -0.456 e. The predicted molar refractivity (Wildman–Crippen MR) is 311 cm³/mol. The Morgan fingerprint density at radius 2 is 0.944 bits per heavy atom. The molecular formula is C69H62BNO. The number of hydrogen-bond donors (Lipinski definition) is 0. The highest BCUT2D eigenvalue weighted by atomic mass is 16.3. The van der Waals surface area contributed by atoms with Gasteiger partial charge in [-0.3, -0.25) is 0 Å². The zero-order valence-electron chi connectivity index (χ0n) is 43.9. The molecule has 0 radical (unpaired) electrons. The van der Waals surface area contributed by atoms with E-state index in [9.17, 15) is 0 Å². The molecule has 0 fully saturated rings. The average Bonchev–Trinajstić information content (AvgIpc) is 3.88. The highest BCUT2D eigenvalue weighted by Crippen LogP contribution is 2.51. The van der Waals surface area contributed by atoms with Gasteiger partial charge < -0.3 is 8.90 Å². The molecule has 14 rings (SSSR count). The van der Waals surface area contributed by atoms with Gasteiger partial charge in [-0.15, -0.1) is 0 Å². The molecule has 0 spiro atoms. The normalized spacial score (nSPS) is 15.1. The maximum Gasteiger partial charge on any atom is 0.329 e. The number of benzene rings is 10. The summed E-state index contributed by atoms with van der Waals surface area (Å²) >= 11 is 0. The molecule has 352 valence electrons. The fourth-order valence-electron chi connectivity index (χ4n) is 13.1. The molecule has 0 bridgehead atoms. The molecule has 0 amide bonds. The SMILES string of the molecule is CC(C)(C)c1cc(C2c3cc4cc5c6ccccc6c6ccccc6c5cc4cc3B3c4c2cc2oc5ccccc5c2c4-c2cc(C(C)(C)C)cc4c5cc(C(C)(C)C)ccc5n3c24)cc(C(C)(C)C)c1. The van der Waals surface area contributed by atoms with Crippen LogP contribution in [0, 0.1) is 0 Å². The first-order chi connectivity index (χ1) is 34.2. The Bertz CT molecular complexity index is 4340. The number of rotatable bonds is 1. The van der Waals surface area contributed by atoms with E-state index in [0.717, 1.165) is 11.2 Å². The Kier molecular flexibility index (Phi) is 8.68. The van der Waals surface area contributed by atoms with Gasteiger partial charge in [-0.2, -0.15) is 0 Å². The zero-order chi connectivity index (χ0) is 49.7. The van der Waals surface area contributed by atoms with Crippen LogP contribution in [0.1, 0.15) is 128 Å². The first-order valence-corrected chi connectivity index (χ1v) is 26.3. The van der Waals surface area contributed by atoms with Crippen molar-refractivity contribution < 1.29 is 4.42 Å². The molecule has 1 unspecified atom stereocenters. The smallest absolute Gasteiger partial charge is 0.329 e. The second-order valence-electron chi connectivity index (χ2n) is 25.7. The van der Waals surface area contributed by atoms with Gasteiger partial charge in [0.2, 0.25) is 0 Å². The molecule has 4 heterocycles. The van der Waals surface area contributed by atoms with E-state index < -0.39 is 0 Å². The summed E-state index contributed by atoms with van der Waals surface area (Å²) < 4.78 is 9.90. The van der Waals surface area contributed by atoms with Crippen LogP contribution in [-0.4, -0.2) is 11.3 Å². The van der Waals surface area contributed by atoms with E-state index in [4.69, 9.17) is 4.42 Å². The second-order valence-corrected chi connectivity index (χ2v) is 25.7. The molecule has 3 heteroatoms. The summed E-state index contributed by atoms with van der Waals surface area (Å²) in [5.41, 5.74) is 19.2. The van der Waals surface area contributed by atoms with Crippen LogP contribution in [0.3, 0.4) is 0 Å². The first kappa shape index (κ1) is 43.7. The summed E-state index contributed by atoms with van der Waals surface area (Å²) in [6.45, 7) is 28.3. The largest absolute Gasteiger partial charge is 0.456 e. The Hall–Kier alpha value is -7.10. The van der Waals surface area contributed by atoms with Crippen molar-refractivity contribution in [3.63, 3.8) is 0 Å². The molecule has 0 N–H and O–H groups in total. The number of fused-ring (bicyclic) bond motifs is 18. The van der Waals surface area contributed by atoms with Crippen LogP contribution in [0.2, 0.25) is 0 Å². The van der Waals surface area contributed by atoms with Crippen LogP contribution in [0.15, 0.2) is 156 Å². The number of hydrogen-bond acceptors (Lipinski definition) is 1. The lowest BCUT2D eigenvalue weighted by atomic mass is 9.41. The predicted octanol–water partition coefficient (Wildman–Crippen LogP) is 17.6. The molecule has 12 aromatic rings. The van der Waals surface area contributed by atoms with E-state index >= 15 is 0 Å². The van der Waals surface area contributed by atoms with Gasteiger partial charge in [0.05, 0.1) is 0 Å². The fourth-order valence-corrected chi connectivity index (χ4v) is 13.1. The highest BCUT2D eigenvalue weighted by molar-refractivity contribution is 6.88. The molecule has 2 aliphatic rings. The van der Waals surface area contributed by atoms with Gasteiger partial charge in [-0.25, -0.2) is 0 Å². The third kappa shape index (κ3) is 6.09. The van der Waals surface area contributed by atoms with Crippen molar-refractivity contribution in [3.05, 3.63) is 191 Å². The van der Waals surface area contributed by atoms with Gasteiger partial charge >= 0.3 is 6.85 Å². The van der Waals surface area contributed by atoms with E-state index in [1.54, 1.807) is 0 Å². The Morgan fingerprint density at radius 1 is 0.417 bits per heavy atom.